The molecule has 0 radical (unpaired) electrons. The molecule has 1 aromatic heterocycles. The predicted octanol–water partition coefficient (Wildman–Crippen LogP) is 3.23. The monoisotopic (exact) mass is 410 g/mol. The number of aromatic nitrogens is 2. The first-order valence-electron chi connectivity index (χ1n) is 9.53. The van der Waals surface area contributed by atoms with E-state index in [1.54, 1.807) is 22.6 Å². The van der Waals surface area contributed by atoms with Gasteiger partial charge in [-0.25, -0.2) is 4.98 Å². The number of carbonyl (C=O) groups excluding carboxylic acids is 1. The van der Waals surface area contributed by atoms with E-state index in [-0.39, 0.29) is 17.2 Å². The highest BCUT2D eigenvalue weighted by Gasteiger charge is 2.14. The fraction of sp³-hybridized carbons (Fsp3) is 0.318. The number of amides is 1. The minimum Gasteiger partial charge on any atom is -0.378 e. The maximum atomic E-state index is 12.7. The fourth-order valence-electron chi connectivity index (χ4n) is 3.03. The molecule has 0 saturated heterocycles. The van der Waals surface area contributed by atoms with E-state index < -0.39 is 0 Å². The van der Waals surface area contributed by atoms with Crippen LogP contribution in [0.15, 0.2) is 58.5 Å². The molecule has 3 rings (SSSR count). The number of anilines is 1. The number of nitrogens with zero attached hydrogens (tertiary/aromatic N) is 4. The van der Waals surface area contributed by atoms with Crippen molar-refractivity contribution in [3.63, 3.8) is 0 Å². The number of benzene rings is 2. The van der Waals surface area contributed by atoms with Gasteiger partial charge in [-0.3, -0.25) is 14.2 Å². The molecule has 0 spiro atoms. The number of carbonyl (C=O) groups is 1. The molecule has 1 heterocycles. The molecule has 0 aliphatic heterocycles. The van der Waals surface area contributed by atoms with Gasteiger partial charge in [0.25, 0.3) is 5.56 Å². The van der Waals surface area contributed by atoms with E-state index in [0.717, 1.165) is 11.3 Å². The van der Waals surface area contributed by atoms with Crippen molar-refractivity contribution in [1.82, 2.24) is 14.5 Å². The van der Waals surface area contributed by atoms with Gasteiger partial charge in [0, 0.05) is 39.9 Å². The first-order chi connectivity index (χ1) is 13.9. The molecule has 6 nitrogen and oxygen atoms in total. The smallest absolute Gasteiger partial charge is 0.262 e. The summed E-state index contributed by atoms with van der Waals surface area (Å²) in [6.07, 6.45) is 0. The van der Waals surface area contributed by atoms with E-state index in [2.05, 4.69) is 4.98 Å². The van der Waals surface area contributed by atoms with Gasteiger partial charge in [-0.15, -0.1) is 0 Å². The van der Waals surface area contributed by atoms with Gasteiger partial charge in [0.05, 0.1) is 16.7 Å². The fourth-order valence-corrected chi connectivity index (χ4v) is 4.04. The van der Waals surface area contributed by atoms with Crippen LogP contribution >= 0.6 is 11.8 Å². The zero-order valence-corrected chi connectivity index (χ0v) is 18.1. The normalized spacial score (nSPS) is 10.9. The summed E-state index contributed by atoms with van der Waals surface area (Å²) >= 11 is 1.31. The first kappa shape index (κ1) is 20.9. The van der Waals surface area contributed by atoms with Crippen molar-refractivity contribution in [2.75, 3.05) is 31.8 Å². The van der Waals surface area contributed by atoms with Gasteiger partial charge in [0.15, 0.2) is 5.16 Å². The van der Waals surface area contributed by atoms with Gasteiger partial charge >= 0.3 is 0 Å². The molecule has 7 heteroatoms. The maximum absolute atomic E-state index is 12.7. The molecule has 1 amide bonds. The van der Waals surface area contributed by atoms with Crippen LogP contribution in [0.25, 0.3) is 10.9 Å². The summed E-state index contributed by atoms with van der Waals surface area (Å²) in [5.74, 6) is 0.230. The summed E-state index contributed by atoms with van der Waals surface area (Å²) < 4.78 is 1.63. The van der Waals surface area contributed by atoms with E-state index in [0.29, 0.717) is 29.1 Å². The van der Waals surface area contributed by atoms with Crippen molar-refractivity contribution >= 4 is 34.3 Å². The Hall–Kier alpha value is -2.80. The highest BCUT2D eigenvalue weighted by Crippen LogP contribution is 2.19. The summed E-state index contributed by atoms with van der Waals surface area (Å²) in [6, 6.07) is 15.5. The lowest BCUT2D eigenvalue weighted by molar-refractivity contribution is -0.127. The molecule has 2 aromatic carbocycles. The third-order valence-corrected chi connectivity index (χ3v) is 5.73. The molecule has 0 unspecified atom stereocenters. The Bertz CT molecular complexity index is 1060. The molecular formula is C22H26N4O2S. The van der Waals surface area contributed by atoms with E-state index in [4.69, 9.17) is 0 Å². The Morgan fingerprint density at radius 1 is 1.07 bits per heavy atom. The molecule has 0 aliphatic rings. The lowest BCUT2D eigenvalue weighted by Gasteiger charge is -2.19. The highest BCUT2D eigenvalue weighted by atomic mass is 32.2. The van der Waals surface area contributed by atoms with Crippen molar-refractivity contribution in [1.29, 1.82) is 0 Å². The lowest BCUT2D eigenvalue weighted by atomic mass is 10.2. The SMILES string of the molecule is CCn1c(SCC(=O)N(C)Cc2ccc(N(C)C)cc2)nc2ccccc2c1=O. The highest BCUT2D eigenvalue weighted by molar-refractivity contribution is 7.99. The number of thioether (sulfide) groups is 1. The number of rotatable bonds is 7. The summed E-state index contributed by atoms with van der Waals surface area (Å²) in [4.78, 5) is 33.7. The van der Waals surface area contributed by atoms with E-state index >= 15 is 0 Å². The Morgan fingerprint density at radius 2 is 1.76 bits per heavy atom. The van der Waals surface area contributed by atoms with Crippen molar-refractivity contribution in [2.45, 2.75) is 25.2 Å². The summed E-state index contributed by atoms with van der Waals surface area (Å²) in [7, 11) is 5.79. The van der Waals surface area contributed by atoms with Gasteiger partial charge in [-0.2, -0.15) is 0 Å². The Labute approximate surface area is 175 Å². The van der Waals surface area contributed by atoms with Gasteiger partial charge in [-0.05, 0) is 36.8 Å². The predicted molar refractivity (Wildman–Crippen MR) is 120 cm³/mol. The third kappa shape index (κ3) is 4.79. The average Bonchev–Trinajstić information content (AvgIpc) is 2.72. The van der Waals surface area contributed by atoms with Crippen molar-refractivity contribution in [3.05, 3.63) is 64.4 Å². The van der Waals surface area contributed by atoms with Crippen molar-refractivity contribution in [2.24, 2.45) is 0 Å². The largest absolute Gasteiger partial charge is 0.378 e. The van der Waals surface area contributed by atoms with Crippen molar-refractivity contribution in [3.8, 4) is 0 Å². The minimum absolute atomic E-state index is 0.00301. The molecule has 0 fully saturated rings. The number of fused-ring (bicyclic) bond motifs is 1. The van der Waals surface area contributed by atoms with Crippen LogP contribution in [0.3, 0.4) is 0 Å². The van der Waals surface area contributed by atoms with Crippen LogP contribution < -0.4 is 10.5 Å². The molecule has 3 aromatic rings. The van der Waals surface area contributed by atoms with Gasteiger partial charge in [0.1, 0.15) is 0 Å². The van der Waals surface area contributed by atoms with Crippen LogP contribution in [0.1, 0.15) is 12.5 Å². The van der Waals surface area contributed by atoms with Crippen LogP contribution in [0, 0.1) is 0 Å². The van der Waals surface area contributed by atoms with Crippen LogP contribution in [0.2, 0.25) is 0 Å². The Balaban J connectivity index is 1.69. The quantitative estimate of drug-likeness (QED) is 0.442. The molecule has 29 heavy (non-hydrogen) atoms. The van der Waals surface area contributed by atoms with Crippen LogP contribution in [-0.4, -0.2) is 47.3 Å². The van der Waals surface area contributed by atoms with Crippen molar-refractivity contribution < 1.29 is 4.79 Å². The van der Waals surface area contributed by atoms with Gasteiger partial charge in [-0.1, -0.05) is 36.0 Å². The standard InChI is InChI=1S/C22H26N4O2S/c1-5-26-21(28)18-8-6-7-9-19(18)23-22(26)29-15-20(27)25(4)14-16-10-12-17(13-11-16)24(2)3/h6-13H,5,14-15H2,1-4H3. The van der Waals surface area contributed by atoms with Gasteiger partial charge in [0.2, 0.25) is 5.91 Å². The lowest BCUT2D eigenvalue weighted by Crippen LogP contribution is -2.28. The summed E-state index contributed by atoms with van der Waals surface area (Å²) in [5, 5.41) is 1.18. The van der Waals surface area contributed by atoms with E-state index in [1.165, 1.54) is 11.8 Å². The Morgan fingerprint density at radius 3 is 2.41 bits per heavy atom. The molecule has 0 N–H and O–H groups in total. The Kier molecular flexibility index (Phi) is 6.59. The average molecular weight is 411 g/mol. The van der Waals surface area contributed by atoms with Gasteiger partial charge < -0.3 is 9.80 Å². The zero-order valence-electron chi connectivity index (χ0n) is 17.3. The number of para-hydroxylation sites is 1. The van der Waals surface area contributed by atoms with E-state index in [9.17, 15) is 9.59 Å². The maximum Gasteiger partial charge on any atom is 0.262 e. The minimum atomic E-state index is -0.0672. The second-order valence-corrected chi connectivity index (χ2v) is 8.00. The van der Waals surface area contributed by atoms with Crippen LogP contribution in [0.4, 0.5) is 5.69 Å². The molecule has 0 atom stereocenters. The number of hydrogen-bond acceptors (Lipinski definition) is 5. The molecule has 0 bridgehead atoms. The molecule has 0 aliphatic carbocycles. The second kappa shape index (κ2) is 9.13. The van der Waals surface area contributed by atoms with Crippen LogP contribution in [-0.2, 0) is 17.9 Å². The number of hydrogen-bond donors (Lipinski definition) is 0. The topological polar surface area (TPSA) is 58.4 Å². The molecular weight excluding hydrogens is 384 g/mol. The molecule has 0 saturated carbocycles. The van der Waals surface area contributed by atoms with E-state index in [1.807, 2.05) is 68.4 Å². The summed E-state index contributed by atoms with van der Waals surface area (Å²) in [5.41, 5.74) is 2.79. The summed E-state index contributed by atoms with van der Waals surface area (Å²) in [6.45, 7) is 2.97. The second-order valence-electron chi connectivity index (χ2n) is 7.06. The molecule has 152 valence electrons. The zero-order chi connectivity index (χ0) is 21.0. The van der Waals surface area contributed by atoms with Crippen LogP contribution in [0.5, 0.6) is 0 Å². The first-order valence-corrected chi connectivity index (χ1v) is 10.5. The third-order valence-electron chi connectivity index (χ3n) is 4.77.